The van der Waals surface area contributed by atoms with Crippen LogP contribution in [0.2, 0.25) is 0 Å². The van der Waals surface area contributed by atoms with Gasteiger partial charge in [-0.25, -0.2) is 4.79 Å². The Morgan fingerprint density at radius 3 is 2.53 bits per heavy atom. The Bertz CT molecular complexity index is 383. The molecule has 0 bridgehead atoms. The monoisotopic (exact) mass is 204 g/mol. The van der Waals surface area contributed by atoms with Crippen molar-refractivity contribution in [2.24, 2.45) is 5.92 Å². The van der Waals surface area contributed by atoms with Gasteiger partial charge in [-0.15, -0.1) is 0 Å². The lowest BCUT2D eigenvalue weighted by Crippen LogP contribution is -2.42. The second kappa shape index (κ2) is 3.85. The van der Waals surface area contributed by atoms with Gasteiger partial charge in [0.25, 0.3) is 0 Å². The molecule has 3 nitrogen and oxygen atoms in total. The van der Waals surface area contributed by atoms with E-state index in [-0.39, 0.29) is 23.8 Å². The van der Waals surface area contributed by atoms with Gasteiger partial charge in [0, 0.05) is 6.42 Å². The molecule has 1 aliphatic rings. The topological polar surface area (TPSA) is 43.4 Å². The third kappa shape index (κ3) is 1.91. The summed E-state index contributed by atoms with van der Waals surface area (Å²) in [4.78, 5) is 22.5. The maximum atomic E-state index is 11.6. The molecule has 0 amide bonds. The Labute approximate surface area is 88.1 Å². The first-order valence-electron chi connectivity index (χ1n) is 4.97. The molecule has 15 heavy (non-hydrogen) atoms. The van der Waals surface area contributed by atoms with Crippen LogP contribution < -0.4 is 0 Å². The highest BCUT2D eigenvalue weighted by Crippen LogP contribution is 2.26. The Morgan fingerprint density at radius 1 is 1.33 bits per heavy atom. The fourth-order valence-electron chi connectivity index (χ4n) is 1.53. The van der Waals surface area contributed by atoms with Crippen LogP contribution in [0, 0.1) is 5.92 Å². The van der Waals surface area contributed by atoms with Crippen molar-refractivity contribution in [3.8, 4) is 0 Å². The Balaban J connectivity index is 1.97. The van der Waals surface area contributed by atoms with Crippen molar-refractivity contribution in [2.75, 3.05) is 0 Å². The molecule has 0 N–H and O–H groups in total. The minimum atomic E-state index is -0.347. The second-order valence-corrected chi connectivity index (χ2v) is 3.77. The number of carbonyl (C=O) groups excluding carboxylic acids is 2. The third-order valence-electron chi connectivity index (χ3n) is 2.74. The summed E-state index contributed by atoms with van der Waals surface area (Å²) in [7, 11) is 0. The highest BCUT2D eigenvalue weighted by atomic mass is 16.5. The molecule has 0 aromatic heterocycles. The zero-order valence-corrected chi connectivity index (χ0v) is 8.47. The average molecular weight is 204 g/mol. The van der Waals surface area contributed by atoms with Gasteiger partial charge in [-0.05, 0) is 12.1 Å². The lowest BCUT2D eigenvalue weighted by molar-refractivity contribution is -0.139. The van der Waals surface area contributed by atoms with E-state index in [9.17, 15) is 9.59 Å². The van der Waals surface area contributed by atoms with Crippen molar-refractivity contribution in [3.63, 3.8) is 0 Å². The molecule has 78 valence electrons. The molecule has 0 heterocycles. The van der Waals surface area contributed by atoms with Gasteiger partial charge in [0.15, 0.2) is 0 Å². The van der Waals surface area contributed by atoms with Crippen LogP contribution in [-0.4, -0.2) is 17.9 Å². The van der Waals surface area contributed by atoms with E-state index in [0.29, 0.717) is 12.0 Å². The quantitative estimate of drug-likeness (QED) is 0.690. The highest BCUT2D eigenvalue weighted by molar-refractivity contribution is 5.92. The first-order valence-corrected chi connectivity index (χ1v) is 4.97. The lowest BCUT2D eigenvalue weighted by atomic mass is 9.82. The predicted molar refractivity (Wildman–Crippen MR) is 54.4 cm³/mol. The van der Waals surface area contributed by atoms with Gasteiger partial charge in [-0.2, -0.15) is 0 Å². The molecule has 0 spiro atoms. The van der Waals surface area contributed by atoms with Gasteiger partial charge in [0.2, 0.25) is 0 Å². The Hall–Kier alpha value is -1.64. The molecule has 1 aromatic carbocycles. The van der Waals surface area contributed by atoms with Crippen LogP contribution in [0.4, 0.5) is 0 Å². The summed E-state index contributed by atoms with van der Waals surface area (Å²) in [6, 6.07) is 8.81. The highest BCUT2D eigenvalue weighted by Gasteiger charge is 2.38. The van der Waals surface area contributed by atoms with Crippen LogP contribution in [0.15, 0.2) is 30.3 Å². The fourth-order valence-corrected chi connectivity index (χ4v) is 1.53. The molecule has 0 aliphatic heterocycles. The van der Waals surface area contributed by atoms with Crippen LogP contribution >= 0.6 is 0 Å². The largest absolute Gasteiger partial charge is 0.458 e. The zero-order valence-electron chi connectivity index (χ0n) is 8.47. The van der Waals surface area contributed by atoms with Crippen molar-refractivity contribution >= 4 is 11.8 Å². The molecule has 1 saturated carbocycles. The summed E-state index contributed by atoms with van der Waals surface area (Å²) in [6.45, 7) is 1.79. The van der Waals surface area contributed by atoms with Crippen LogP contribution in [0.1, 0.15) is 23.7 Å². The Kier molecular flexibility index (Phi) is 2.54. The molecule has 1 fully saturated rings. The van der Waals surface area contributed by atoms with Crippen LogP contribution in [0.3, 0.4) is 0 Å². The molecule has 0 radical (unpaired) electrons. The van der Waals surface area contributed by atoms with Crippen LogP contribution in [0.5, 0.6) is 0 Å². The number of carbonyl (C=O) groups is 2. The SMILES string of the molecule is C[C@@H]1C(=O)C[C@@H]1OC(=O)c1ccccc1. The zero-order chi connectivity index (χ0) is 10.8. The van der Waals surface area contributed by atoms with Gasteiger partial charge >= 0.3 is 5.97 Å². The standard InChI is InChI=1S/C12H12O3/c1-8-10(13)7-11(8)15-12(14)9-5-3-2-4-6-9/h2-6,8,11H,7H2,1H3/t8-,11+/m1/s1. The molecule has 1 aromatic rings. The molecule has 1 aliphatic carbocycles. The lowest BCUT2D eigenvalue weighted by Gasteiger charge is -2.31. The van der Waals surface area contributed by atoms with Gasteiger partial charge in [0.1, 0.15) is 11.9 Å². The summed E-state index contributed by atoms with van der Waals surface area (Å²) >= 11 is 0. The molecule has 2 atom stereocenters. The van der Waals surface area contributed by atoms with Crippen molar-refractivity contribution < 1.29 is 14.3 Å². The number of esters is 1. The maximum Gasteiger partial charge on any atom is 0.338 e. The van der Waals surface area contributed by atoms with Crippen LogP contribution in [0.25, 0.3) is 0 Å². The normalized spacial score (nSPS) is 24.5. The maximum absolute atomic E-state index is 11.6. The van der Waals surface area contributed by atoms with Crippen molar-refractivity contribution in [1.82, 2.24) is 0 Å². The van der Waals surface area contributed by atoms with E-state index in [1.165, 1.54) is 0 Å². The van der Waals surface area contributed by atoms with Crippen molar-refractivity contribution in [2.45, 2.75) is 19.4 Å². The molecule has 3 heteroatoms. The van der Waals surface area contributed by atoms with E-state index in [0.717, 1.165) is 0 Å². The molecular weight excluding hydrogens is 192 g/mol. The summed E-state index contributed by atoms with van der Waals surface area (Å²) in [6.07, 6.45) is 0.130. The van der Waals surface area contributed by atoms with Crippen molar-refractivity contribution in [1.29, 1.82) is 0 Å². The number of ether oxygens (including phenoxy) is 1. The molecule has 0 saturated heterocycles. The third-order valence-corrected chi connectivity index (χ3v) is 2.74. The summed E-state index contributed by atoms with van der Waals surface area (Å²) in [5.41, 5.74) is 0.532. The number of hydrogen-bond donors (Lipinski definition) is 0. The summed E-state index contributed by atoms with van der Waals surface area (Å²) in [5.74, 6) is -0.321. The predicted octanol–water partition coefficient (Wildman–Crippen LogP) is 1.82. The van der Waals surface area contributed by atoms with E-state index in [1.807, 2.05) is 6.07 Å². The van der Waals surface area contributed by atoms with Crippen LogP contribution in [-0.2, 0) is 9.53 Å². The number of benzene rings is 1. The van der Waals surface area contributed by atoms with Gasteiger partial charge in [-0.1, -0.05) is 25.1 Å². The first-order chi connectivity index (χ1) is 7.18. The van der Waals surface area contributed by atoms with E-state index in [2.05, 4.69) is 0 Å². The van der Waals surface area contributed by atoms with E-state index in [1.54, 1.807) is 31.2 Å². The van der Waals surface area contributed by atoms with E-state index >= 15 is 0 Å². The minimum Gasteiger partial charge on any atom is -0.458 e. The number of hydrogen-bond acceptors (Lipinski definition) is 3. The van der Waals surface area contributed by atoms with E-state index < -0.39 is 0 Å². The molecule has 0 unspecified atom stereocenters. The van der Waals surface area contributed by atoms with Gasteiger partial charge < -0.3 is 4.74 Å². The second-order valence-electron chi connectivity index (χ2n) is 3.77. The van der Waals surface area contributed by atoms with E-state index in [4.69, 9.17) is 4.74 Å². The average Bonchev–Trinajstić information content (AvgIpc) is 2.29. The number of ketones is 1. The summed E-state index contributed by atoms with van der Waals surface area (Å²) in [5, 5.41) is 0. The first kappa shape index (κ1) is 9.90. The molecule has 2 rings (SSSR count). The number of Topliss-reactive ketones (excluding diaryl/α,β-unsaturated/α-hetero) is 1. The van der Waals surface area contributed by atoms with Crippen molar-refractivity contribution in [3.05, 3.63) is 35.9 Å². The molecular formula is C12H12O3. The fraction of sp³-hybridized carbons (Fsp3) is 0.333. The Morgan fingerprint density at radius 2 is 2.00 bits per heavy atom. The summed E-state index contributed by atoms with van der Waals surface area (Å²) < 4.78 is 5.20. The number of rotatable bonds is 2. The smallest absolute Gasteiger partial charge is 0.338 e. The minimum absolute atomic E-state index is 0.141. The van der Waals surface area contributed by atoms with Gasteiger partial charge in [-0.3, -0.25) is 4.79 Å². The van der Waals surface area contributed by atoms with Gasteiger partial charge in [0.05, 0.1) is 11.5 Å².